The molecule has 8 nitrogen and oxygen atoms in total. The molecule has 35 heavy (non-hydrogen) atoms. The molecule has 6 rings (SSSR count). The van der Waals surface area contributed by atoms with Gasteiger partial charge in [-0.2, -0.15) is 13.9 Å². The number of nitrogens with one attached hydrogen (secondary N) is 1. The Bertz CT molecular complexity index is 1390. The number of thiazole rings is 1. The maximum atomic E-state index is 14.3. The van der Waals surface area contributed by atoms with E-state index in [1.807, 2.05) is 4.90 Å². The van der Waals surface area contributed by atoms with E-state index in [9.17, 15) is 22.4 Å². The molecule has 3 aliphatic rings. The van der Waals surface area contributed by atoms with Crippen LogP contribution >= 0.6 is 11.3 Å². The average Bonchev–Trinajstić information content (AvgIpc) is 3.62. The highest BCUT2D eigenvalue weighted by Gasteiger charge is 2.52. The number of hydrogen-bond acceptors (Lipinski definition) is 7. The lowest BCUT2D eigenvalue weighted by Crippen LogP contribution is -2.46. The Balaban J connectivity index is 1.57. The number of nitrogens with zero attached hydrogens (tertiary/aromatic N) is 5. The van der Waals surface area contributed by atoms with Gasteiger partial charge < -0.3 is 15.0 Å². The molecule has 2 aromatic heterocycles. The maximum Gasteiger partial charge on any atom is 0.407 e. The van der Waals surface area contributed by atoms with E-state index in [0.29, 0.717) is 45.3 Å². The molecule has 1 amide bonds. The Hall–Kier alpha value is -3.74. The number of halogens is 4. The number of amidine groups is 1. The Labute approximate surface area is 199 Å². The van der Waals surface area contributed by atoms with Gasteiger partial charge in [-0.15, -0.1) is 11.3 Å². The maximum absolute atomic E-state index is 14.3. The summed E-state index contributed by atoms with van der Waals surface area (Å²) in [6, 6.07) is 3.98. The lowest BCUT2D eigenvalue weighted by Gasteiger charge is -2.32. The number of cyclic esters (lactones) is 1. The molecule has 1 N–H and O–H groups in total. The van der Waals surface area contributed by atoms with Crippen molar-refractivity contribution in [3.8, 4) is 0 Å². The number of ether oxygens (including phenoxy) is 1. The fourth-order valence-electron chi connectivity index (χ4n) is 4.71. The summed E-state index contributed by atoms with van der Waals surface area (Å²) in [6.07, 6.45) is 2.50. The molecule has 2 atom stereocenters. The molecule has 5 heterocycles. The number of rotatable bonds is 4. The lowest BCUT2D eigenvalue weighted by atomic mass is 9.90. The summed E-state index contributed by atoms with van der Waals surface area (Å²) >= 11 is 1.34. The number of aromatic nitrogens is 3. The second-order valence-electron chi connectivity index (χ2n) is 8.43. The van der Waals surface area contributed by atoms with Crippen LogP contribution in [0.1, 0.15) is 35.3 Å². The SMILES string of the molecule is O=C1N[C@@]2(CO1)CC1=C(c3ccn(C(F)F)n3)[C@H](c3ccc(F)c(F)c3)N=C(c3nccs3)N1C2. The number of amides is 1. The van der Waals surface area contributed by atoms with Gasteiger partial charge in [0.05, 0.1) is 12.2 Å². The summed E-state index contributed by atoms with van der Waals surface area (Å²) in [5, 5.41) is 9.25. The molecule has 13 heteroatoms. The van der Waals surface area contributed by atoms with E-state index in [2.05, 4.69) is 15.4 Å². The van der Waals surface area contributed by atoms with Crippen molar-refractivity contribution in [3.05, 3.63) is 75.6 Å². The van der Waals surface area contributed by atoms with Crippen molar-refractivity contribution in [1.82, 2.24) is 25.0 Å². The van der Waals surface area contributed by atoms with Crippen molar-refractivity contribution in [2.45, 2.75) is 24.6 Å². The van der Waals surface area contributed by atoms with Gasteiger partial charge in [0.1, 0.15) is 18.2 Å². The van der Waals surface area contributed by atoms with Gasteiger partial charge in [0.15, 0.2) is 22.5 Å². The number of fused-ring (bicyclic) bond motifs is 1. The number of carbonyl (C=O) groups is 1. The third-order valence-electron chi connectivity index (χ3n) is 6.20. The van der Waals surface area contributed by atoms with Crippen molar-refractivity contribution < 1.29 is 27.1 Å². The van der Waals surface area contributed by atoms with Crippen molar-refractivity contribution in [2.24, 2.45) is 4.99 Å². The third kappa shape index (κ3) is 3.57. The fourth-order valence-corrected chi connectivity index (χ4v) is 5.35. The van der Waals surface area contributed by atoms with E-state index in [-0.39, 0.29) is 12.3 Å². The molecule has 1 spiro atoms. The summed E-state index contributed by atoms with van der Waals surface area (Å²) < 4.78 is 60.4. The summed E-state index contributed by atoms with van der Waals surface area (Å²) in [6.45, 7) is -2.45. The molecule has 180 valence electrons. The van der Waals surface area contributed by atoms with Crippen LogP contribution in [0, 0.1) is 11.6 Å². The molecule has 1 aromatic carbocycles. The molecular formula is C22H16F4N6O2S. The van der Waals surface area contributed by atoms with Crippen LogP contribution in [0.3, 0.4) is 0 Å². The predicted molar refractivity (Wildman–Crippen MR) is 117 cm³/mol. The summed E-state index contributed by atoms with van der Waals surface area (Å²) in [5.74, 6) is -1.60. The van der Waals surface area contributed by atoms with E-state index in [4.69, 9.17) is 9.73 Å². The number of aliphatic imine (C=N–C) groups is 1. The molecular weight excluding hydrogens is 488 g/mol. The smallest absolute Gasteiger partial charge is 0.407 e. The Morgan fingerprint density at radius 2 is 2.09 bits per heavy atom. The van der Waals surface area contributed by atoms with Gasteiger partial charge in [0.25, 0.3) is 0 Å². The van der Waals surface area contributed by atoms with Gasteiger partial charge in [-0.3, -0.25) is 4.99 Å². The molecule has 2 saturated heterocycles. The first kappa shape index (κ1) is 21.8. The number of benzene rings is 1. The zero-order valence-electron chi connectivity index (χ0n) is 17.8. The minimum absolute atomic E-state index is 0.103. The first-order valence-corrected chi connectivity index (χ1v) is 11.4. The summed E-state index contributed by atoms with van der Waals surface area (Å²) in [4.78, 5) is 23.0. The highest BCUT2D eigenvalue weighted by molar-refractivity contribution is 7.11. The van der Waals surface area contributed by atoms with E-state index in [1.165, 1.54) is 23.5 Å². The zero-order chi connectivity index (χ0) is 24.3. The first-order chi connectivity index (χ1) is 16.8. The van der Waals surface area contributed by atoms with E-state index in [1.54, 1.807) is 11.6 Å². The molecule has 0 saturated carbocycles. The lowest BCUT2D eigenvalue weighted by molar-refractivity contribution is 0.0564. The number of alkyl carbamates (subject to hydrolysis) is 1. The second kappa shape index (κ2) is 7.90. The van der Waals surface area contributed by atoms with Crippen LogP contribution in [0.25, 0.3) is 5.57 Å². The van der Waals surface area contributed by atoms with Gasteiger partial charge in [-0.25, -0.2) is 23.2 Å². The number of carbonyl (C=O) groups excluding carboxylic acids is 1. The molecule has 0 aliphatic carbocycles. The molecule has 0 bridgehead atoms. The van der Waals surface area contributed by atoms with Crippen molar-refractivity contribution >= 4 is 28.8 Å². The van der Waals surface area contributed by atoms with E-state index in [0.717, 1.165) is 18.3 Å². The predicted octanol–water partition coefficient (Wildman–Crippen LogP) is 4.11. The molecule has 3 aliphatic heterocycles. The van der Waals surface area contributed by atoms with Crippen LogP contribution in [0.5, 0.6) is 0 Å². The topological polar surface area (TPSA) is 84.6 Å². The third-order valence-corrected chi connectivity index (χ3v) is 6.97. The molecule has 2 fully saturated rings. The van der Waals surface area contributed by atoms with Crippen LogP contribution in [-0.2, 0) is 4.74 Å². The average molecular weight is 504 g/mol. The Morgan fingerprint density at radius 1 is 1.23 bits per heavy atom. The number of hydrogen-bond donors (Lipinski definition) is 1. The molecule has 0 radical (unpaired) electrons. The highest BCUT2D eigenvalue weighted by atomic mass is 32.1. The molecule has 3 aromatic rings. The van der Waals surface area contributed by atoms with Gasteiger partial charge in [-0.1, -0.05) is 6.07 Å². The first-order valence-electron chi connectivity index (χ1n) is 10.6. The minimum Gasteiger partial charge on any atom is -0.447 e. The zero-order valence-corrected chi connectivity index (χ0v) is 18.6. The summed E-state index contributed by atoms with van der Waals surface area (Å²) in [7, 11) is 0. The van der Waals surface area contributed by atoms with Gasteiger partial charge in [0, 0.05) is 35.5 Å². The van der Waals surface area contributed by atoms with Crippen LogP contribution in [-0.4, -0.2) is 50.3 Å². The standard InChI is InChI=1S/C22H16F4N6O2S/c23-12-2-1-11(7-13(12)24)17-16(14-3-5-32(30-14)20(25)26)15-8-22(10-34-21(33)29-22)9-31(15)18(28-17)19-27-4-6-35-19/h1-7,17,20H,8-10H2,(H,29,33)/t17-,22-/m0/s1. The van der Waals surface area contributed by atoms with Crippen LogP contribution in [0.2, 0.25) is 0 Å². The quantitative estimate of drug-likeness (QED) is 0.541. The van der Waals surface area contributed by atoms with Gasteiger partial charge in [-0.05, 0) is 23.8 Å². The fraction of sp³-hybridized carbons (Fsp3) is 0.273. The monoisotopic (exact) mass is 504 g/mol. The van der Waals surface area contributed by atoms with E-state index >= 15 is 0 Å². The van der Waals surface area contributed by atoms with Crippen LogP contribution in [0.15, 0.2) is 52.7 Å². The van der Waals surface area contributed by atoms with Gasteiger partial charge >= 0.3 is 12.6 Å². The summed E-state index contributed by atoms with van der Waals surface area (Å²) in [5.41, 5.74) is 0.867. The van der Waals surface area contributed by atoms with Crippen LogP contribution in [0.4, 0.5) is 22.4 Å². The van der Waals surface area contributed by atoms with Gasteiger partial charge in [0.2, 0.25) is 0 Å². The minimum atomic E-state index is -2.86. The van der Waals surface area contributed by atoms with Crippen molar-refractivity contribution in [2.75, 3.05) is 13.2 Å². The Kier molecular flexibility index (Phi) is 4.91. The van der Waals surface area contributed by atoms with E-state index < -0.39 is 35.9 Å². The molecule has 0 unspecified atom stereocenters. The Morgan fingerprint density at radius 3 is 2.74 bits per heavy atom. The van der Waals surface area contributed by atoms with Crippen molar-refractivity contribution in [3.63, 3.8) is 0 Å². The largest absolute Gasteiger partial charge is 0.447 e. The normalized spacial score (nSPS) is 23.7. The number of alkyl halides is 2. The highest BCUT2D eigenvalue weighted by Crippen LogP contribution is 2.47. The second-order valence-corrected chi connectivity index (χ2v) is 9.32. The van der Waals surface area contributed by atoms with Crippen LogP contribution < -0.4 is 5.32 Å². The van der Waals surface area contributed by atoms with Crippen molar-refractivity contribution in [1.29, 1.82) is 0 Å².